The monoisotopic (exact) mass is 245 g/mol. The van der Waals surface area contributed by atoms with Gasteiger partial charge in [-0.15, -0.1) is 0 Å². The first-order valence-electron chi connectivity index (χ1n) is 5.20. The number of nitro groups is 1. The Bertz CT molecular complexity index is 582. The predicted molar refractivity (Wildman–Crippen MR) is 66.6 cm³/mol. The third kappa shape index (κ3) is 2.54. The Morgan fingerprint density at radius 3 is 2.67 bits per heavy atom. The maximum absolute atomic E-state index is 10.5. The van der Waals surface area contributed by atoms with E-state index in [4.69, 9.17) is 10.5 Å². The van der Waals surface area contributed by atoms with Crippen LogP contribution in [0.3, 0.4) is 0 Å². The molecule has 0 fully saturated rings. The van der Waals surface area contributed by atoms with Gasteiger partial charge in [0, 0.05) is 17.8 Å². The van der Waals surface area contributed by atoms with Gasteiger partial charge in [-0.3, -0.25) is 10.1 Å². The molecule has 0 saturated heterocycles. The highest BCUT2D eigenvalue weighted by atomic mass is 16.6. The van der Waals surface area contributed by atoms with Crippen LogP contribution in [0.1, 0.15) is 5.56 Å². The topological polar surface area (TPSA) is 91.3 Å². The summed E-state index contributed by atoms with van der Waals surface area (Å²) >= 11 is 0. The van der Waals surface area contributed by atoms with E-state index < -0.39 is 4.92 Å². The Balaban J connectivity index is 2.21. The average molecular weight is 245 g/mol. The van der Waals surface area contributed by atoms with Crippen molar-refractivity contribution < 1.29 is 9.66 Å². The fraction of sp³-hybridized carbons (Fsp3) is 0.0833. The molecule has 0 amide bonds. The molecule has 2 N–H and O–H groups in total. The van der Waals surface area contributed by atoms with E-state index in [1.54, 1.807) is 18.2 Å². The number of ether oxygens (including phenoxy) is 1. The van der Waals surface area contributed by atoms with Crippen molar-refractivity contribution in [2.24, 2.45) is 0 Å². The molecule has 0 spiro atoms. The van der Waals surface area contributed by atoms with Gasteiger partial charge in [-0.2, -0.15) is 0 Å². The molecule has 2 rings (SSSR count). The maximum atomic E-state index is 10.5. The number of hydrogen-bond donors (Lipinski definition) is 1. The molecule has 0 saturated carbocycles. The van der Waals surface area contributed by atoms with E-state index in [0.717, 1.165) is 11.8 Å². The van der Waals surface area contributed by atoms with Gasteiger partial charge in [0.05, 0.1) is 4.92 Å². The zero-order valence-corrected chi connectivity index (χ0v) is 9.66. The van der Waals surface area contributed by atoms with Crippen LogP contribution in [0.4, 0.5) is 11.4 Å². The third-order valence-corrected chi connectivity index (χ3v) is 2.35. The maximum Gasteiger partial charge on any atom is 0.287 e. The van der Waals surface area contributed by atoms with Gasteiger partial charge in [-0.1, -0.05) is 0 Å². The fourth-order valence-corrected chi connectivity index (χ4v) is 1.44. The second kappa shape index (κ2) is 4.70. The molecule has 0 aliphatic carbocycles. The van der Waals surface area contributed by atoms with Crippen LogP contribution in [0.5, 0.6) is 11.6 Å². The molecule has 6 heteroatoms. The lowest BCUT2D eigenvalue weighted by Crippen LogP contribution is -1.93. The first-order chi connectivity index (χ1) is 8.56. The number of aromatic nitrogens is 1. The molecule has 1 aromatic heterocycles. The van der Waals surface area contributed by atoms with E-state index in [0.29, 0.717) is 17.3 Å². The van der Waals surface area contributed by atoms with Crippen molar-refractivity contribution in [2.45, 2.75) is 6.92 Å². The first kappa shape index (κ1) is 11.8. The van der Waals surface area contributed by atoms with Crippen LogP contribution in [0.2, 0.25) is 0 Å². The van der Waals surface area contributed by atoms with Gasteiger partial charge < -0.3 is 10.5 Å². The summed E-state index contributed by atoms with van der Waals surface area (Å²) in [5.74, 6) is 0.916. The van der Waals surface area contributed by atoms with E-state index >= 15 is 0 Å². The largest absolute Gasteiger partial charge is 0.439 e. The van der Waals surface area contributed by atoms with E-state index in [1.165, 1.54) is 12.1 Å². The molecule has 2 aromatic rings. The third-order valence-electron chi connectivity index (χ3n) is 2.35. The van der Waals surface area contributed by atoms with Crippen LogP contribution in [-0.2, 0) is 0 Å². The van der Waals surface area contributed by atoms with Gasteiger partial charge in [-0.05, 0) is 30.7 Å². The zero-order valence-electron chi connectivity index (χ0n) is 9.66. The van der Waals surface area contributed by atoms with Gasteiger partial charge in [0.15, 0.2) is 0 Å². The Labute approximate surface area is 103 Å². The summed E-state index contributed by atoms with van der Waals surface area (Å²) in [6, 6.07) is 8.02. The van der Waals surface area contributed by atoms with E-state index in [-0.39, 0.29) is 5.69 Å². The molecule has 92 valence electrons. The highest BCUT2D eigenvalue weighted by molar-refractivity contribution is 5.48. The highest BCUT2D eigenvalue weighted by Gasteiger charge is 2.07. The zero-order chi connectivity index (χ0) is 13.1. The number of nitrogen functional groups attached to an aromatic ring is 1. The number of pyridine rings is 1. The summed E-state index contributed by atoms with van der Waals surface area (Å²) in [4.78, 5) is 13.8. The first-order valence-corrected chi connectivity index (χ1v) is 5.20. The molecule has 1 aromatic carbocycles. The Morgan fingerprint density at radius 2 is 2.11 bits per heavy atom. The number of benzene rings is 1. The summed E-state index contributed by atoms with van der Waals surface area (Å²) in [6.07, 6.45) is 1.15. The minimum Gasteiger partial charge on any atom is -0.439 e. The van der Waals surface area contributed by atoms with Crippen molar-refractivity contribution in [1.82, 2.24) is 4.98 Å². The smallest absolute Gasteiger partial charge is 0.287 e. The minimum absolute atomic E-state index is 0.0728. The van der Waals surface area contributed by atoms with Gasteiger partial charge in [0.25, 0.3) is 5.69 Å². The van der Waals surface area contributed by atoms with Gasteiger partial charge in [-0.25, -0.2) is 4.98 Å². The van der Waals surface area contributed by atoms with Crippen LogP contribution >= 0.6 is 0 Å². The van der Waals surface area contributed by atoms with Crippen LogP contribution in [0.15, 0.2) is 36.5 Å². The van der Waals surface area contributed by atoms with E-state index in [1.807, 2.05) is 6.92 Å². The van der Waals surface area contributed by atoms with Gasteiger partial charge in [0.1, 0.15) is 11.9 Å². The standard InChI is InChI=1S/C12H11N3O3/c1-8-6-9(13)2-4-11(8)18-12-5-3-10(7-14-12)15(16)17/h2-7H,13H2,1H3. The Morgan fingerprint density at radius 1 is 1.33 bits per heavy atom. The van der Waals surface area contributed by atoms with E-state index in [2.05, 4.69) is 4.98 Å². The molecular weight excluding hydrogens is 234 g/mol. The van der Waals surface area contributed by atoms with Gasteiger partial charge in [0.2, 0.25) is 5.88 Å². The molecule has 0 aliphatic rings. The fourth-order valence-electron chi connectivity index (χ4n) is 1.44. The molecule has 6 nitrogen and oxygen atoms in total. The molecule has 0 bridgehead atoms. The van der Waals surface area contributed by atoms with Crippen LogP contribution < -0.4 is 10.5 Å². The lowest BCUT2D eigenvalue weighted by atomic mass is 10.2. The predicted octanol–water partition coefficient (Wildman–Crippen LogP) is 2.67. The van der Waals surface area contributed by atoms with Crippen molar-refractivity contribution >= 4 is 11.4 Å². The lowest BCUT2D eigenvalue weighted by molar-refractivity contribution is -0.385. The molecule has 0 aliphatic heterocycles. The Kier molecular flexibility index (Phi) is 3.09. The SMILES string of the molecule is Cc1cc(N)ccc1Oc1ccc([N+](=O)[O-])cn1. The molecule has 18 heavy (non-hydrogen) atoms. The number of nitrogens with zero attached hydrogens (tertiary/aromatic N) is 2. The second-order valence-corrected chi connectivity index (χ2v) is 3.74. The summed E-state index contributed by atoms with van der Waals surface area (Å²) in [6.45, 7) is 1.86. The second-order valence-electron chi connectivity index (χ2n) is 3.74. The molecule has 1 heterocycles. The molecule has 0 unspecified atom stereocenters. The summed E-state index contributed by atoms with van der Waals surface area (Å²) < 4.78 is 5.51. The summed E-state index contributed by atoms with van der Waals surface area (Å²) in [7, 11) is 0. The minimum atomic E-state index is -0.509. The quantitative estimate of drug-likeness (QED) is 0.510. The molecular formula is C12H11N3O3. The van der Waals surface area contributed by atoms with Crippen molar-refractivity contribution in [2.75, 3.05) is 5.73 Å². The molecule has 0 radical (unpaired) electrons. The van der Waals surface area contributed by atoms with Crippen molar-refractivity contribution in [3.8, 4) is 11.6 Å². The van der Waals surface area contributed by atoms with Crippen LogP contribution in [-0.4, -0.2) is 9.91 Å². The van der Waals surface area contributed by atoms with Gasteiger partial charge >= 0.3 is 0 Å². The normalized spacial score (nSPS) is 10.1. The summed E-state index contributed by atoms with van der Waals surface area (Å²) in [5, 5.41) is 10.5. The average Bonchev–Trinajstić information content (AvgIpc) is 2.33. The molecule has 0 atom stereocenters. The van der Waals surface area contributed by atoms with Crippen molar-refractivity contribution in [3.05, 3.63) is 52.2 Å². The lowest BCUT2D eigenvalue weighted by Gasteiger charge is -2.07. The Hall–Kier alpha value is -2.63. The highest BCUT2D eigenvalue weighted by Crippen LogP contribution is 2.25. The van der Waals surface area contributed by atoms with Crippen LogP contribution in [0, 0.1) is 17.0 Å². The number of anilines is 1. The van der Waals surface area contributed by atoms with Crippen molar-refractivity contribution in [3.63, 3.8) is 0 Å². The number of aryl methyl sites for hydroxylation is 1. The number of rotatable bonds is 3. The number of nitrogens with two attached hydrogens (primary N) is 1. The van der Waals surface area contributed by atoms with E-state index in [9.17, 15) is 10.1 Å². The van der Waals surface area contributed by atoms with Crippen molar-refractivity contribution in [1.29, 1.82) is 0 Å². The van der Waals surface area contributed by atoms with Crippen LogP contribution in [0.25, 0.3) is 0 Å². The summed E-state index contributed by atoms with van der Waals surface area (Å²) in [5.41, 5.74) is 7.08. The number of hydrogen-bond acceptors (Lipinski definition) is 5.